The van der Waals surface area contributed by atoms with Crippen LogP contribution in [0.15, 0.2) is 48.7 Å². The van der Waals surface area contributed by atoms with E-state index in [0.717, 1.165) is 32.0 Å². The fraction of sp³-hybridized carbons (Fsp3) is 0.500. The summed E-state index contributed by atoms with van der Waals surface area (Å²) in [6.07, 6.45) is -2.11. The SMILES string of the molecule is CC(=O)OC[C@H]1O[C@](O)(CCCCc2ccc(OCc3ccccn3)cc2)[C@H](OC(C)=O)[C@@H](OC(C)=O)[C@@H]1OC(C)=O. The molecule has 0 amide bonds. The van der Waals surface area contributed by atoms with Gasteiger partial charge in [0.2, 0.25) is 5.79 Å². The van der Waals surface area contributed by atoms with Gasteiger partial charge in [0.25, 0.3) is 0 Å². The number of aliphatic hydroxyl groups is 1. The Morgan fingerprint density at radius 2 is 1.52 bits per heavy atom. The van der Waals surface area contributed by atoms with Gasteiger partial charge in [-0.05, 0) is 49.1 Å². The molecule has 228 valence electrons. The molecule has 1 aromatic heterocycles. The standard InChI is InChI=1S/C30H37NO11/c1-19(32)37-18-26-27(39-20(2)33)28(40-21(3)34)29(41-22(4)35)30(36,42-26)15-7-5-9-23-11-13-25(14-12-23)38-17-24-10-6-8-16-31-24/h6,8,10-14,16,26-29,36H,5,7,9,15,17-18H2,1-4H3/t26-,27-,28+,29-,30-/m1/s1. The summed E-state index contributed by atoms with van der Waals surface area (Å²) in [5.41, 5.74) is 1.86. The first-order valence-corrected chi connectivity index (χ1v) is 13.6. The minimum Gasteiger partial charge on any atom is -0.487 e. The lowest BCUT2D eigenvalue weighted by Crippen LogP contribution is -2.68. The second-order valence-electron chi connectivity index (χ2n) is 9.94. The number of unbranched alkanes of at least 4 members (excludes halogenated alkanes) is 1. The molecule has 12 heteroatoms. The average molecular weight is 588 g/mol. The van der Waals surface area contributed by atoms with Crippen molar-refractivity contribution in [2.24, 2.45) is 0 Å². The third kappa shape index (κ3) is 9.81. The Morgan fingerprint density at radius 1 is 0.857 bits per heavy atom. The molecule has 1 saturated heterocycles. The first kappa shape index (κ1) is 32.5. The van der Waals surface area contributed by atoms with Gasteiger partial charge in [0, 0.05) is 40.3 Å². The summed E-state index contributed by atoms with van der Waals surface area (Å²) in [6.45, 7) is 4.51. The van der Waals surface area contributed by atoms with E-state index in [0.29, 0.717) is 31.6 Å². The molecule has 1 aliphatic heterocycles. The van der Waals surface area contributed by atoms with E-state index in [9.17, 15) is 24.3 Å². The largest absolute Gasteiger partial charge is 0.487 e. The molecule has 0 bridgehead atoms. The summed E-state index contributed by atoms with van der Waals surface area (Å²) in [6, 6.07) is 13.2. The van der Waals surface area contributed by atoms with Crippen molar-refractivity contribution in [1.29, 1.82) is 0 Å². The fourth-order valence-corrected chi connectivity index (χ4v) is 4.66. The number of ether oxygens (including phenoxy) is 6. The molecule has 0 aliphatic carbocycles. The number of aryl methyl sites for hydroxylation is 1. The average Bonchev–Trinajstić information content (AvgIpc) is 2.93. The van der Waals surface area contributed by atoms with Gasteiger partial charge in [-0.1, -0.05) is 18.2 Å². The first-order chi connectivity index (χ1) is 20.0. The number of nitrogens with zero attached hydrogens (tertiary/aromatic N) is 1. The number of hydrogen-bond donors (Lipinski definition) is 1. The van der Waals surface area contributed by atoms with Crippen molar-refractivity contribution in [1.82, 2.24) is 4.98 Å². The minimum atomic E-state index is -2.14. The van der Waals surface area contributed by atoms with E-state index in [-0.39, 0.29) is 6.42 Å². The molecular weight excluding hydrogens is 550 g/mol. The molecule has 5 atom stereocenters. The van der Waals surface area contributed by atoms with E-state index in [1.165, 1.54) is 6.92 Å². The van der Waals surface area contributed by atoms with Gasteiger partial charge in [-0.25, -0.2) is 0 Å². The predicted molar refractivity (Wildman–Crippen MR) is 146 cm³/mol. The minimum absolute atomic E-state index is 0.0304. The predicted octanol–water partition coefficient (Wildman–Crippen LogP) is 2.82. The van der Waals surface area contributed by atoms with E-state index in [2.05, 4.69) is 4.98 Å². The molecule has 12 nitrogen and oxygen atoms in total. The van der Waals surface area contributed by atoms with Crippen LogP contribution in [-0.2, 0) is 55.9 Å². The van der Waals surface area contributed by atoms with Gasteiger partial charge >= 0.3 is 23.9 Å². The van der Waals surface area contributed by atoms with Crippen molar-refractivity contribution in [3.63, 3.8) is 0 Å². The molecule has 42 heavy (non-hydrogen) atoms. The highest BCUT2D eigenvalue weighted by Crippen LogP contribution is 2.37. The quantitative estimate of drug-likeness (QED) is 0.208. The third-order valence-electron chi connectivity index (χ3n) is 6.42. The molecule has 1 aromatic carbocycles. The molecule has 3 rings (SSSR count). The van der Waals surface area contributed by atoms with Gasteiger partial charge in [-0.15, -0.1) is 0 Å². The van der Waals surface area contributed by atoms with Crippen LogP contribution < -0.4 is 4.74 Å². The van der Waals surface area contributed by atoms with Crippen molar-refractivity contribution in [2.75, 3.05) is 6.61 Å². The summed E-state index contributed by atoms with van der Waals surface area (Å²) in [4.78, 5) is 51.6. The van der Waals surface area contributed by atoms with Gasteiger partial charge in [-0.2, -0.15) is 0 Å². The lowest BCUT2D eigenvalue weighted by atomic mass is 9.88. The van der Waals surface area contributed by atoms with E-state index >= 15 is 0 Å². The molecule has 2 aromatic rings. The monoisotopic (exact) mass is 587 g/mol. The Hall–Kier alpha value is -4.03. The zero-order valence-electron chi connectivity index (χ0n) is 24.1. The number of benzene rings is 1. The van der Waals surface area contributed by atoms with E-state index in [1.54, 1.807) is 6.20 Å². The number of carbonyl (C=O) groups is 4. The van der Waals surface area contributed by atoms with Crippen LogP contribution in [0.1, 0.15) is 58.2 Å². The van der Waals surface area contributed by atoms with Gasteiger partial charge in [0.1, 0.15) is 25.1 Å². The Labute approximate surface area is 244 Å². The zero-order valence-corrected chi connectivity index (χ0v) is 24.1. The van der Waals surface area contributed by atoms with Crippen molar-refractivity contribution in [3.8, 4) is 5.75 Å². The Kier molecular flexibility index (Phi) is 11.8. The van der Waals surface area contributed by atoms with Crippen LogP contribution in [0.5, 0.6) is 5.75 Å². The summed E-state index contributed by atoms with van der Waals surface area (Å²) in [5, 5.41) is 11.6. The molecule has 1 fully saturated rings. The van der Waals surface area contributed by atoms with Gasteiger partial charge < -0.3 is 33.5 Å². The number of rotatable bonds is 13. The maximum atomic E-state index is 12.0. The zero-order chi connectivity index (χ0) is 30.7. The van der Waals surface area contributed by atoms with Crippen LogP contribution in [0, 0.1) is 0 Å². The smallest absolute Gasteiger partial charge is 0.303 e. The van der Waals surface area contributed by atoms with Crippen LogP contribution in [-0.4, -0.2) is 70.8 Å². The number of carbonyl (C=O) groups excluding carboxylic acids is 4. The van der Waals surface area contributed by atoms with Crippen LogP contribution in [0.4, 0.5) is 0 Å². The molecule has 0 radical (unpaired) electrons. The Morgan fingerprint density at radius 3 is 2.12 bits per heavy atom. The van der Waals surface area contributed by atoms with Crippen molar-refractivity contribution < 1.29 is 52.7 Å². The Bertz CT molecular complexity index is 1200. The normalized spacial score (nSPS) is 23.4. The lowest BCUT2D eigenvalue weighted by Gasteiger charge is -2.48. The molecular formula is C30H37NO11. The Balaban J connectivity index is 1.69. The van der Waals surface area contributed by atoms with Crippen LogP contribution in [0.2, 0.25) is 0 Å². The van der Waals surface area contributed by atoms with Crippen molar-refractivity contribution in [2.45, 2.75) is 90.2 Å². The van der Waals surface area contributed by atoms with Gasteiger partial charge in [-0.3, -0.25) is 24.2 Å². The lowest BCUT2D eigenvalue weighted by molar-refractivity contribution is -0.354. The topological polar surface area (TPSA) is 157 Å². The summed E-state index contributed by atoms with van der Waals surface area (Å²) in [5.74, 6) is -4.36. The second-order valence-corrected chi connectivity index (χ2v) is 9.94. The van der Waals surface area contributed by atoms with Crippen LogP contribution in [0.25, 0.3) is 0 Å². The van der Waals surface area contributed by atoms with Gasteiger partial charge in [0.05, 0.1) is 5.69 Å². The number of hydrogen-bond acceptors (Lipinski definition) is 12. The molecule has 1 aliphatic rings. The van der Waals surface area contributed by atoms with E-state index < -0.39 is 60.7 Å². The number of aromatic nitrogens is 1. The molecule has 1 N–H and O–H groups in total. The third-order valence-corrected chi connectivity index (χ3v) is 6.42. The maximum absolute atomic E-state index is 12.0. The first-order valence-electron chi connectivity index (χ1n) is 13.6. The maximum Gasteiger partial charge on any atom is 0.303 e. The number of esters is 4. The van der Waals surface area contributed by atoms with Crippen LogP contribution in [0.3, 0.4) is 0 Å². The molecule has 0 unspecified atom stereocenters. The number of pyridine rings is 1. The highest BCUT2D eigenvalue weighted by molar-refractivity contribution is 5.68. The summed E-state index contributed by atoms with van der Waals surface area (Å²) < 4.78 is 32.9. The van der Waals surface area contributed by atoms with Crippen molar-refractivity contribution >= 4 is 23.9 Å². The molecule has 0 saturated carbocycles. The fourth-order valence-electron chi connectivity index (χ4n) is 4.66. The molecule has 0 spiro atoms. The van der Waals surface area contributed by atoms with Gasteiger partial charge in [0.15, 0.2) is 18.3 Å². The highest BCUT2D eigenvalue weighted by atomic mass is 16.7. The van der Waals surface area contributed by atoms with Crippen molar-refractivity contribution in [3.05, 3.63) is 59.9 Å². The summed E-state index contributed by atoms with van der Waals surface area (Å²) in [7, 11) is 0. The molecule has 2 heterocycles. The van der Waals surface area contributed by atoms with E-state index in [1.807, 2.05) is 42.5 Å². The summed E-state index contributed by atoms with van der Waals surface area (Å²) >= 11 is 0. The van der Waals surface area contributed by atoms with Crippen LogP contribution >= 0.6 is 0 Å². The second kappa shape index (κ2) is 15.3. The van der Waals surface area contributed by atoms with E-state index in [4.69, 9.17) is 28.4 Å². The highest BCUT2D eigenvalue weighted by Gasteiger charge is 2.59.